The Morgan fingerprint density at radius 3 is 1.47 bits per heavy atom. The van der Waals surface area contributed by atoms with Crippen molar-refractivity contribution in [2.45, 2.75) is 180 Å². The van der Waals surface area contributed by atoms with Crippen LogP contribution < -0.4 is 0 Å². The van der Waals surface area contributed by atoms with E-state index >= 15 is 0 Å². The van der Waals surface area contributed by atoms with Crippen LogP contribution in [0.2, 0.25) is 0 Å². The molecule has 0 spiro atoms. The molecule has 1 amide bonds. The van der Waals surface area contributed by atoms with Crippen molar-refractivity contribution in [3.63, 3.8) is 0 Å². The van der Waals surface area contributed by atoms with Crippen molar-refractivity contribution in [1.82, 2.24) is 9.80 Å². The third-order valence-electron chi connectivity index (χ3n) is 9.04. The fraction of sp³-hybridized carbons (Fsp3) is 0.921. The molecular weight excluding hydrogens is 596 g/mol. The van der Waals surface area contributed by atoms with Crippen LogP contribution in [0.1, 0.15) is 162 Å². The average molecular weight is 669 g/mol. The van der Waals surface area contributed by atoms with Crippen molar-refractivity contribution < 1.29 is 33.3 Å². The number of likely N-dealkylation sites (N-methyl/N-ethyl adjacent to an activating group) is 2. The minimum Gasteiger partial charge on any atom is -0.456 e. The summed E-state index contributed by atoms with van der Waals surface area (Å²) in [5.41, 5.74) is 0. The van der Waals surface area contributed by atoms with Crippen LogP contribution in [0.25, 0.3) is 0 Å². The molecule has 1 unspecified atom stereocenters. The van der Waals surface area contributed by atoms with Crippen LogP contribution in [0.15, 0.2) is 0 Å². The second-order valence-electron chi connectivity index (χ2n) is 13.9. The van der Waals surface area contributed by atoms with E-state index in [4.69, 9.17) is 18.9 Å². The highest BCUT2D eigenvalue weighted by Crippen LogP contribution is 2.24. The van der Waals surface area contributed by atoms with E-state index in [1.165, 1.54) is 101 Å². The van der Waals surface area contributed by atoms with Gasteiger partial charge in [0.05, 0.1) is 6.61 Å². The first-order valence-electron chi connectivity index (χ1n) is 19.3. The first-order chi connectivity index (χ1) is 22.8. The molecule has 1 heterocycles. The maximum absolute atomic E-state index is 12.9. The molecule has 47 heavy (non-hydrogen) atoms. The zero-order valence-corrected chi connectivity index (χ0v) is 31.1. The summed E-state index contributed by atoms with van der Waals surface area (Å²) >= 11 is 0. The van der Waals surface area contributed by atoms with E-state index in [1.807, 2.05) is 19.0 Å². The van der Waals surface area contributed by atoms with Crippen molar-refractivity contribution >= 4 is 18.0 Å². The zero-order chi connectivity index (χ0) is 34.5. The average Bonchev–Trinajstić information content (AvgIpc) is 3.41. The molecule has 9 nitrogen and oxygen atoms in total. The van der Waals surface area contributed by atoms with E-state index < -0.39 is 24.4 Å². The lowest BCUT2D eigenvalue weighted by molar-refractivity contribution is -0.166. The minimum atomic E-state index is -0.799. The lowest BCUT2D eigenvalue weighted by Gasteiger charge is -2.24. The highest BCUT2D eigenvalue weighted by atomic mass is 16.6. The summed E-state index contributed by atoms with van der Waals surface area (Å²) in [6, 6.07) is 0. The van der Waals surface area contributed by atoms with Crippen LogP contribution in [0.3, 0.4) is 0 Å². The van der Waals surface area contributed by atoms with Crippen LogP contribution >= 0.6 is 0 Å². The molecule has 1 fully saturated rings. The van der Waals surface area contributed by atoms with Crippen LogP contribution in [0.4, 0.5) is 4.79 Å². The number of hydrogen-bond acceptors (Lipinski definition) is 8. The Morgan fingerprint density at radius 2 is 1.02 bits per heavy atom. The maximum atomic E-state index is 12.9. The normalized spacial score (nSPS) is 17.6. The Morgan fingerprint density at radius 1 is 0.596 bits per heavy atom. The molecule has 0 saturated carbocycles. The Hall–Kier alpha value is -1.87. The number of esters is 2. The number of carbonyl (C=O) groups is 3. The van der Waals surface area contributed by atoms with Gasteiger partial charge in [-0.05, 0) is 26.9 Å². The number of ether oxygens (including phenoxy) is 4. The van der Waals surface area contributed by atoms with Gasteiger partial charge in [-0.2, -0.15) is 0 Å². The molecule has 0 aromatic rings. The molecule has 276 valence electrons. The van der Waals surface area contributed by atoms with Gasteiger partial charge < -0.3 is 28.7 Å². The van der Waals surface area contributed by atoms with E-state index in [-0.39, 0.29) is 25.2 Å². The third-order valence-corrected chi connectivity index (χ3v) is 9.04. The van der Waals surface area contributed by atoms with Gasteiger partial charge >= 0.3 is 18.0 Å². The first-order valence-corrected chi connectivity index (χ1v) is 19.3. The van der Waals surface area contributed by atoms with E-state index in [9.17, 15) is 14.4 Å². The Labute approximate surface area is 288 Å². The van der Waals surface area contributed by atoms with Gasteiger partial charge in [0.1, 0.15) is 12.7 Å². The summed E-state index contributed by atoms with van der Waals surface area (Å²) in [6.07, 6.45) is 23.2. The molecule has 0 aliphatic carbocycles. The fourth-order valence-corrected chi connectivity index (χ4v) is 5.88. The first kappa shape index (κ1) is 43.2. The summed E-state index contributed by atoms with van der Waals surface area (Å²) in [5, 5.41) is 0. The van der Waals surface area contributed by atoms with Crippen molar-refractivity contribution in [3.05, 3.63) is 0 Å². The third kappa shape index (κ3) is 23.2. The molecule has 0 N–H and O–H groups in total. The van der Waals surface area contributed by atoms with Crippen LogP contribution in [-0.2, 0) is 28.5 Å². The standard InChI is InChI=1S/C38H72N2O7/c1-6-8-10-12-14-16-18-20-22-24-26-28-36(42)47-37-33(31-45-38(43)40(5)30-29-39(3)4)44-32-34(37)46-35(41)27-25-23-21-19-17-15-13-11-9-7-2/h33-34,37H,6-32H2,1-5H3/t33?,34-,37-/m0/s1. The van der Waals surface area contributed by atoms with E-state index in [1.54, 1.807) is 7.05 Å². The van der Waals surface area contributed by atoms with Gasteiger partial charge in [0.25, 0.3) is 0 Å². The van der Waals surface area contributed by atoms with Crippen LogP contribution in [0.5, 0.6) is 0 Å². The van der Waals surface area contributed by atoms with E-state index in [0.717, 1.165) is 38.5 Å². The lowest BCUT2D eigenvalue weighted by Crippen LogP contribution is -2.41. The smallest absolute Gasteiger partial charge is 0.409 e. The summed E-state index contributed by atoms with van der Waals surface area (Å²) in [6.45, 7) is 5.75. The highest BCUT2D eigenvalue weighted by Gasteiger charge is 2.43. The molecule has 0 aromatic heterocycles. The molecular formula is C38H72N2O7. The zero-order valence-electron chi connectivity index (χ0n) is 31.1. The molecule has 1 rings (SSSR count). The quantitative estimate of drug-likeness (QED) is 0.0426. The number of amides is 1. The number of carbonyl (C=O) groups excluding carboxylic acids is 3. The van der Waals surface area contributed by atoms with Gasteiger partial charge in [-0.1, -0.05) is 136 Å². The van der Waals surface area contributed by atoms with Crippen LogP contribution in [-0.4, -0.2) is 93.6 Å². The molecule has 1 aliphatic rings. The molecule has 1 aliphatic heterocycles. The molecule has 3 atom stereocenters. The molecule has 0 bridgehead atoms. The predicted octanol–water partition coefficient (Wildman–Crippen LogP) is 8.85. The highest BCUT2D eigenvalue weighted by molar-refractivity contribution is 5.71. The number of hydrogen-bond donors (Lipinski definition) is 0. The number of nitrogens with zero attached hydrogens (tertiary/aromatic N) is 2. The van der Waals surface area contributed by atoms with Gasteiger partial charge in [-0.15, -0.1) is 0 Å². The van der Waals surface area contributed by atoms with Crippen LogP contribution in [0, 0.1) is 0 Å². The monoisotopic (exact) mass is 669 g/mol. The fourth-order valence-electron chi connectivity index (χ4n) is 5.88. The minimum absolute atomic E-state index is 0.0754. The van der Waals surface area contributed by atoms with Gasteiger partial charge in [-0.3, -0.25) is 9.59 Å². The number of unbranched alkanes of at least 4 members (excludes halogenated alkanes) is 19. The van der Waals surface area contributed by atoms with Crippen molar-refractivity contribution in [1.29, 1.82) is 0 Å². The van der Waals surface area contributed by atoms with Gasteiger partial charge in [-0.25, -0.2) is 4.79 Å². The van der Waals surface area contributed by atoms with Crippen molar-refractivity contribution in [3.8, 4) is 0 Å². The lowest BCUT2D eigenvalue weighted by atomic mass is 10.1. The van der Waals surface area contributed by atoms with E-state index in [2.05, 4.69) is 13.8 Å². The second kappa shape index (κ2) is 29.1. The number of rotatable bonds is 30. The predicted molar refractivity (Wildman–Crippen MR) is 190 cm³/mol. The van der Waals surface area contributed by atoms with E-state index in [0.29, 0.717) is 25.9 Å². The Balaban J connectivity index is 2.48. The van der Waals surface area contributed by atoms with Gasteiger partial charge in [0.15, 0.2) is 12.2 Å². The largest absolute Gasteiger partial charge is 0.456 e. The van der Waals surface area contributed by atoms with Gasteiger partial charge in [0, 0.05) is 33.0 Å². The summed E-state index contributed by atoms with van der Waals surface area (Å²) in [5.74, 6) is -0.628. The van der Waals surface area contributed by atoms with Gasteiger partial charge in [0.2, 0.25) is 0 Å². The maximum Gasteiger partial charge on any atom is 0.409 e. The van der Waals surface area contributed by atoms with Crippen molar-refractivity contribution in [2.24, 2.45) is 0 Å². The summed E-state index contributed by atoms with van der Waals surface area (Å²) < 4.78 is 23.0. The molecule has 0 radical (unpaired) electrons. The molecule has 9 heteroatoms. The Bertz CT molecular complexity index is 794. The Kier molecular flexibility index (Phi) is 26.7. The molecule has 1 saturated heterocycles. The summed E-state index contributed by atoms with van der Waals surface area (Å²) in [7, 11) is 5.57. The topological polar surface area (TPSA) is 94.6 Å². The SMILES string of the molecule is CCCCCCCCCCCCCC(=O)O[C@H]1C(COC(=O)N(C)CCN(C)C)OC[C@@H]1OC(=O)CCCCCCCCCCCC. The second-order valence-corrected chi connectivity index (χ2v) is 13.9. The van der Waals surface area contributed by atoms with Crippen molar-refractivity contribution in [2.75, 3.05) is 47.4 Å². The molecule has 0 aromatic carbocycles. The summed E-state index contributed by atoms with van der Waals surface area (Å²) in [4.78, 5) is 41.6.